The second-order valence-electron chi connectivity index (χ2n) is 8.72. The molecular formula is C24H34ClN3O6S. The van der Waals surface area contributed by atoms with Gasteiger partial charge < -0.3 is 9.47 Å². The van der Waals surface area contributed by atoms with Gasteiger partial charge in [-0.3, -0.25) is 20.3 Å². The van der Waals surface area contributed by atoms with Crippen LogP contribution in [-0.4, -0.2) is 48.7 Å². The van der Waals surface area contributed by atoms with Crippen molar-refractivity contribution in [3.05, 3.63) is 54.4 Å². The lowest BCUT2D eigenvalue weighted by Gasteiger charge is -2.42. The maximum atomic E-state index is 14.1. The third-order valence-electron chi connectivity index (χ3n) is 6.25. The molecule has 1 fully saturated rings. The van der Waals surface area contributed by atoms with Gasteiger partial charge in [0.15, 0.2) is 0 Å². The van der Waals surface area contributed by atoms with E-state index in [-0.39, 0.29) is 36.1 Å². The largest absolute Gasteiger partial charge is 0.497 e. The number of methoxy groups -OCH3 is 1. The molecule has 1 atom stereocenters. The normalized spacial score (nSPS) is 19.9. The number of hydrogen-bond donors (Lipinski definition) is 3. The number of halogens is 1. The van der Waals surface area contributed by atoms with Gasteiger partial charge in [-0.2, -0.15) is 0 Å². The van der Waals surface area contributed by atoms with Gasteiger partial charge in [0.25, 0.3) is 5.91 Å². The Morgan fingerprint density at radius 2 is 1.71 bits per heavy atom. The zero-order valence-electron chi connectivity index (χ0n) is 20.1. The Kier molecular flexibility index (Phi) is 10.5. The minimum atomic E-state index is -4.30. The Balaban J connectivity index is 0.00000432. The number of hydroxylamine groups is 1. The maximum Gasteiger partial charge on any atom is 0.280 e. The van der Waals surface area contributed by atoms with Crippen molar-refractivity contribution in [2.45, 2.75) is 68.0 Å². The van der Waals surface area contributed by atoms with Crippen molar-refractivity contribution in [3.8, 4) is 5.75 Å². The van der Waals surface area contributed by atoms with Crippen LogP contribution in [0.5, 0.6) is 5.75 Å². The van der Waals surface area contributed by atoms with Gasteiger partial charge in [0.05, 0.1) is 24.2 Å². The summed E-state index contributed by atoms with van der Waals surface area (Å²) in [4.78, 5) is 15.1. The topological polar surface area (TPSA) is 127 Å². The van der Waals surface area contributed by atoms with Crippen molar-refractivity contribution < 1.29 is 27.9 Å². The van der Waals surface area contributed by atoms with Gasteiger partial charge >= 0.3 is 0 Å². The molecule has 3 rings (SSSR count). The van der Waals surface area contributed by atoms with E-state index in [1.54, 1.807) is 30.0 Å². The molecule has 0 aliphatic heterocycles. The van der Waals surface area contributed by atoms with Crippen molar-refractivity contribution in [2.24, 2.45) is 5.92 Å². The van der Waals surface area contributed by atoms with Gasteiger partial charge in [-0.1, -0.05) is 0 Å². The van der Waals surface area contributed by atoms with Crippen LogP contribution in [-0.2, 0) is 25.9 Å². The maximum absolute atomic E-state index is 14.1. The zero-order chi connectivity index (χ0) is 24.8. The van der Waals surface area contributed by atoms with Crippen molar-refractivity contribution in [1.82, 2.24) is 15.8 Å². The van der Waals surface area contributed by atoms with E-state index < -0.39 is 26.5 Å². The SMILES string of the molecule is COc1ccc(S(=O)(=O)[C@@](NCc2ccncc2)(C(=O)NO)[C@H]2CC[C@H](OC(C)C)CC2)cc1.Cl. The van der Waals surface area contributed by atoms with E-state index in [0.717, 1.165) is 5.56 Å². The summed E-state index contributed by atoms with van der Waals surface area (Å²) in [5, 5.41) is 12.7. The molecule has 0 saturated heterocycles. The molecule has 1 aliphatic rings. The van der Waals surface area contributed by atoms with Crippen molar-refractivity contribution in [2.75, 3.05) is 7.11 Å². The number of carbonyl (C=O) groups is 1. The molecule has 0 radical (unpaired) electrons. The zero-order valence-corrected chi connectivity index (χ0v) is 21.8. The molecule has 35 heavy (non-hydrogen) atoms. The summed E-state index contributed by atoms with van der Waals surface area (Å²) < 4.78 is 39.3. The molecule has 0 bridgehead atoms. The first-order valence-electron chi connectivity index (χ1n) is 11.4. The molecule has 1 aromatic carbocycles. The average molecular weight is 528 g/mol. The van der Waals surface area contributed by atoms with Crippen molar-refractivity contribution in [1.29, 1.82) is 0 Å². The summed E-state index contributed by atoms with van der Waals surface area (Å²) >= 11 is 0. The molecule has 0 spiro atoms. The minimum absolute atomic E-state index is 0. The standard InChI is InChI=1S/C24H33N3O6S.ClH/c1-17(2)33-21-6-4-19(5-7-21)24(23(28)27-29,26-16-18-12-14-25-15-13-18)34(30,31)22-10-8-20(32-3)9-11-22;/h8-15,17,19,21,26,29H,4-7,16H2,1-3H3,(H,27,28);1H/t19-,21-,24-;/m1./s1. The van der Waals surface area contributed by atoms with Gasteiger partial charge in [-0.15, -0.1) is 12.4 Å². The number of carbonyl (C=O) groups excluding carboxylic acids is 1. The first kappa shape index (κ1) is 29.0. The van der Waals surface area contributed by atoms with E-state index in [9.17, 15) is 18.4 Å². The molecular weight excluding hydrogens is 494 g/mol. The summed E-state index contributed by atoms with van der Waals surface area (Å²) in [7, 11) is -2.82. The number of rotatable bonds is 10. The minimum Gasteiger partial charge on any atom is -0.497 e. The van der Waals surface area contributed by atoms with E-state index in [2.05, 4.69) is 10.3 Å². The smallest absolute Gasteiger partial charge is 0.280 e. The third kappa shape index (κ3) is 6.31. The first-order chi connectivity index (χ1) is 16.2. The Hall–Kier alpha value is -2.24. The number of benzene rings is 1. The Morgan fingerprint density at radius 1 is 1.11 bits per heavy atom. The van der Waals surface area contributed by atoms with Crippen molar-refractivity contribution >= 4 is 28.2 Å². The fourth-order valence-corrected chi connectivity index (χ4v) is 6.69. The van der Waals surface area contributed by atoms with Crippen LogP contribution in [0.15, 0.2) is 53.7 Å². The van der Waals surface area contributed by atoms with Gasteiger partial charge in [-0.05, 0) is 81.5 Å². The van der Waals surface area contributed by atoms with Gasteiger partial charge in [0, 0.05) is 24.9 Å². The van der Waals surface area contributed by atoms with Crippen LogP contribution < -0.4 is 15.5 Å². The number of aromatic nitrogens is 1. The number of amides is 1. The third-order valence-corrected chi connectivity index (χ3v) is 8.65. The number of pyridine rings is 1. The predicted molar refractivity (Wildman–Crippen MR) is 133 cm³/mol. The number of sulfone groups is 1. The highest BCUT2D eigenvalue weighted by atomic mass is 35.5. The highest BCUT2D eigenvalue weighted by Crippen LogP contribution is 2.41. The van der Waals surface area contributed by atoms with Crippen LogP contribution in [0.4, 0.5) is 0 Å². The molecule has 194 valence electrons. The van der Waals surface area contributed by atoms with Crippen LogP contribution in [0.3, 0.4) is 0 Å². The van der Waals surface area contributed by atoms with E-state index in [4.69, 9.17) is 9.47 Å². The quantitative estimate of drug-likeness (QED) is 0.317. The molecule has 1 aliphatic carbocycles. The highest BCUT2D eigenvalue weighted by molar-refractivity contribution is 7.93. The molecule has 1 amide bonds. The van der Waals surface area contributed by atoms with Gasteiger partial charge in [0.2, 0.25) is 14.7 Å². The van der Waals surface area contributed by atoms with Crippen LogP contribution in [0.2, 0.25) is 0 Å². The molecule has 3 N–H and O–H groups in total. The highest BCUT2D eigenvalue weighted by Gasteiger charge is 2.57. The molecule has 2 aromatic rings. The molecule has 11 heteroatoms. The molecule has 0 unspecified atom stereocenters. The van der Waals surface area contributed by atoms with Crippen LogP contribution >= 0.6 is 12.4 Å². The number of hydrogen-bond acceptors (Lipinski definition) is 8. The Morgan fingerprint density at radius 3 is 2.23 bits per heavy atom. The fourth-order valence-electron chi connectivity index (χ4n) is 4.59. The number of nitrogens with zero attached hydrogens (tertiary/aromatic N) is 1. The molecule has 1 heterocycles. The molecule has 1 aromatic heterocycles. The van der Waals surface area contributed by atoms with Gasteiger partial charge in [0.1, 0.15) is 5.75 Å². The molecule has 9 nitrogen and oxygen atoms in total. The lowest BCUT2D eigenvalue weighted by atomic mass is 9.81. The average Bonchev–Trinajstić information content (AvgIpc) is 2.85. The summed E-state index contributed by atoms with van der Waals surface area (Å²) in [6.45, 7) is 4.01. The number of ether oxygens (including phenoxy) is 2. The molecule has 1 saturated carbocycles. The van der Waals surface area contributed by atoms with E-state index >= 15 is 0 Å². The van der Waals surface area contributed by atoms with Crippen molar-refractivity contribution in [3.63, 3.8) is 0 Å². The predicted octanol–water partition coefficient (Wildman–Crippen LogP) is 3.26. The van der Waals surface area contributed by atoms with Crippen LogP contribution in [0.1, 0.15) is 45.1 Å². The summed E-state index contributed by atoms with van der Waals surface area (Å²) in [5.41, 5.74) is 2.39. The monoisotopic (exact) mass is 527 g/mol. The Bertz CT molecular complexity index is 1040. The Labute approximate surface area is 212 Å². The van der Waals surface area contributed by atoms with Crippen LogP contribution in [0, 0.1) is 5.92 Å². The van der Waals surface area contributed by atoms with E-state index in [0.29, 0.717) is 31.4 Å². The van der Waals surface area contributed by atoms with E-state index in [1.165, 1.54) is 31.4 Å². The lowest BCUT2D eigenvalue weighted by molar-refractivity contribution is -0.135. The summed E-state index contributed by atoms with van der Waals surface area (Å²) in [6, 6.07) is 9.36. The second-order valence-corrected chi connectivity index (χ2v) is 10.8. The lowest BCUT2D eigenvalue weighted by Crippen LogP contribution is -2.66. The second kappa shape index (κ2) is 12.6. The number of nitrogens with one attached hydrogen (secondary N) is 2. The summed E-state index contributed by atoms with van der Waals surface area (Å²) in [6.07, 6.45) is 5.33. The van der Waals surface area contributed by atoms with E-state index in [1.807, 2.05) is 13.8 Å². The van der Waals surface area contributed by atoms with Gasteiger partial charge in [-0.25, -0.2) is 13.9 Å². The first-order valence-corrected chi connectivity index (χ1v) is 12.9. The summed E-state index contributed by atoms with van der Waals surface area (Å²) in [5.74, 6) is -1.11. The fraction of sp³-hybridized carbons (Fsp3) is 0.500. The van der Waals surface area contributed by atoms with Crippen LogP contribution in [0.25, 0.3) is 0 Å².